The number of aryl methyl sites for hydroxylation is 1. The summed E-state index contributed by atoms with van der Waals surface area (Å²) in [7, 11) is 0. The zero-order valence-electron chi connectivity index (χ0n) is 9.92. The van der Waals surface area contributed by atoms with E-state index < -0.39 is 0 Å². The quantitative estimate of drug-likeness (QED) is 0.611. The van der Waals surface area contributed by atoms with Gasteiger partial charge < -0.3 is 4.74 Å². The number of benzene rings is 1. The lowest BCUT2D eigenvalue weighted by atomic mass is 9.99. The molecule has 4 heteroatoms. The molecule has 1 rings (SSSR count). The zero-order valence-corrected chi connectivity index (χ0v) is 10.7. The second-order valence-electron chi connectivity index (χ2n) is 3.67. The SMILES string of the molecule is CCOC(=O)Cc1cc(C)c(C#N)c(CCl)c1. The standard InChI is InChI=1S/C13H14ClNO2/c1-3-17-13(16)6-10-4-9(2)12(8-15)11(5-10)7-14/h4-5H,3,6-7H2,1-2H3. The molecule has 0 spiro atoms. The lowest BCUT2D eigenvalue weighted by molar-refractivity contribution is -0.142. The molecule has 0 aromatic heterocycles. The summed E-state index contributed by atoms with van der Waals surface area (Å²) in [5.74, 6) is -0.00226. The average Bonchev–Trinajstić information content (AvgIpc) is 2.28. The minimum absolute atomic E-state index is 0.213. The van der Waals surface area contributed by atoms with Crippen molar-refractivity contribution in [3.8, 4) is 6.07 Å². The lowest BCUT2D eigenvalue weighted by Crippen LogP contribution is -2.08. The van der Waals surface area contributed by atoms with Crippen molar-refractivity contribution in [2.75, 3.05) is 6.61 Å². The topological polar surface area (TPSA) is 50.1 Å². The largest absolute Gasteiger partial charge is 0.466 e. The molecule has 0 unspecified atom stereocenters. The summed E-state index contributed by atoms with van der Waals surface area (Å²) in [6.07, 6.45) is 0.213. The van der Waals surface area contributed by atoms with Crippen LogP contribution in [0.15, 0.2) is 12.1 Å². The van der Waals surface area contributed by atoms with E-state index in [9.17, 15) is 4.79 Å². The molecule has 90 valence electrons. The average molecular weight is 252 g/mol. The Morgan fingerprint density at radius 3 is 2.76 bits per heavy atom. The first-order chi connectivity index (χ1) is 8.12. The lowest BCUT2D eigenvalue weighted by Gasteiger charge is -2.08. The van der Waals surface area contributed by atoms with Crippen molar-refractivity contribution in [2.45, 2.75) is 26.1 Å². The van der Waals surface area contributed by atoms with Crippen molar-refractivity contribution in [1.29, 1.82) is 5.26 Å². The van der Waals surface area contributed by atoms with Gasteiger partial charge in [-0.1, -0.05) is 12.1 Å². The summed E-state index contributed by atoms with van der Waals surface area (Å²) >= 11 is 5.79. The van der Waals surface area contributed by atoms with Gasteiger partial charge in [0.2, 0.25) is 0 Å². The number of ether oxygens (including phenoxy) is 1. The van der Waals surface area contributed by atoms with Crippen molar-refractivity contribution < 1.29 is 9.53 Å². The van der Waals surface area contributed by atoms with Gasteiger partial charge in [0.25, 0.3) is 0 Å². The molecule has 0 aliphatic carbocycles. The van der Waals surface area contributed by atoms with Crippen LogP contribution < -0.4 is 0 Å². The van der Waals surface area contributed by atoms with E-state index in [1.54, 1.807) is 13.0 Å². The van der Waals surface area contributed by atoms with Crippen LogP contribution in [-0.4, -0.2) is 12.6 Å². The Bertz CT molecular complexity index is 463. The van der Waals surface area contributed by atoms with Crippen LogP contribution in [-0.2, 0) is 21.8 Å². The van der Waals surface area contributed by atoms with Gasteiger partial charge in [0.05, 0.1) is 24.7 Å². The Morgan fingerprint density at radius 2 is 2.24 bits per heavy atom. The van der Waals surface area contributed by atoms with Gasteiger partial charge in [0.15, 0.2) is 0 Å². The monoisotopic (exact) mass is 251 g/mol. The summed E-state index contributed by atoms with van der Waals surface area (Å²) in [5, 5.41) is 8.99. The van der Waals surface area contributed by atoms with E-state index in [0.717, 1.165) is 16.7 Å². The number of halogens is 1. The Morgan fingerprint density at radius 1 is 1.53 bits per heavy atom. The molecule has 0 saturated heterocycles. The number of hydrogen-bond acceptors (Lipinski definition) is 3. The fourth-order valence-electron chi connectivity index (χ4n) is 1.69. The number of esters is 1. The molecule has 0 aliphatic rings. The van der Waals surface area contributed by atoms with Crippen LogP contribution in [0.5, 0.6) is 0 Å². The highest BCUT2D eigenvalue weighted by atomic mass is 35.5. The van der Waals surface area contributed by atoms with E-state index >= 15 is 0 Å². The van der Waals surface area contributed by atoms with Crippen LogP contribution in [0.25, 0.3) is 0 Å². The number of nitrogens with zero attached hydrogens (tertiary/aromatic N) is 1. The van der Waals surface area contributed by atoms with Crippen LogP contribution in [0, 0.1) is 18.3 Å². The third-order valence-electron chi connectivity index (χ3n) is 2.39. The van der Waals surface area contributed by atoms with Crippen LogP contribution in [0.3, 0.4) is 0 Å². The van der Waals surface area contributed by atoms with E-state index in [4.69, 9.17) is 21.6 Å². The summed E-state index contributed by atoms with van der Waals surface area (Å²) in [6.45, 7) is 3.98. The second-order valence-corrected chi connectivity index (χ2v) is 3.94. The molecule has 0 radical (unpaired) electrons. The Hall–Kier alpha value is -1.53. The summed E-state index contributed by atoms with van der Waals surface area (Å²) < 4.78 is 4.88. The molecular weight excluding hydrogens is 238 g/mol. The Labute approximate surface area is 106 Å². The maximum atomic E-state index is 11.4. The van der Waals surface area contributed by atoms with Crippen molar-refractivity contribution >= 4 is 17.6 Å². The van der Waals surface area contributed by atoms with Gasteiger partial charge in [0.1, 0.15) is 0 Å². The first-order valence-corrected chi connectivity index (χ1v) is 5.89. The first kappa shape index (κ1) is 13.5. The van der Waals surface area contributed by atoms with Gasteiger partial charge >= 0.3 is 5.97 Å². The predicted octanol–water partition coefficient (Wildman–Crippen LogP) is 2.71. The highest BCUT2D eigenvalue weighted by Crippen LogP contribution is 2.19. The summed E-state index contributed by atoms with van der Waals surface area (Å²) in [4.78, 5) is 11.4. The van der Waals surface area contributed by atoms with Gasteiger partial charge in [-0.2, -0.15) is 5.26 Å². The number of carbonyl (C=O) groups is 1. The number of carbonyl (C=O) groups excluding carboxylic acids is 1. The molecule has 0 amide bonds. The maximum absolute atomic E-state index is 11.4. The maximum Gasteiger partial charge on any atom is 0.310 e. The molecule has 3 nitrogen and oxygen atoms in total. The normalized spacial score (nSPS) is 9.76. The molecule has 0 fully saturated rings. The van der Waals surface area contributed by atoms with Crippen LogP contribution in [0.4, 0.5) is 0 Å². The second kappa shape index (κ2) is 6.27. The number of rotatable bonds is 4. The minimum atomic E-state index is -0.267. The van der Waals surface area contributed by atoms with Crippen LogP contribution in [0.1, 0.15) is 29.2 Å². The Balaban J connectivity index is 3.00. The van der Waals surface area contributed by atoms with E-state index in [1.807, 2.05) is 13.0 Å². The molecule has 0 saturated carbocycles. The van der Waals surface area contributed by atoms with E-state index in [1.165, 1.54) is 0 Å². The molecule has 0 atom stereocenters. The number of hydrogen-bond donors (Lipinski definition) is 0. The minimum Gasteiger partial charge on any atom is -0.466 e. The predicted molar refractivity (Wildman–Crippen MR) is 65.8 cm³/mol. The molecule has 0 heterocycles. The smallest absolute Gasteiger partial charge is 0.310 e. The Kier molecular flexibility index (Phi) is 4.99. The zero-order chi connectivity index (χ0) is 12.8. The molecule has 0 bridgehead atoms. The van der Waals surface area contributed by atoms with Crippen LogP contribution in [0.2, 0.25) is 0 Å². The fraction of sp³-hybridized carbons (Fsp3) is 0.385. The van der Waals surface area contributed by atoms with Crippen molar-refractivity contribution in [2.24, 2.45) is 0 Å². The number of nitriles is 1. The third kappa shape index (κ3) is 3.47. The first-order valence-electron chi connectivity index (χ1n) is 5.36. The molecule has 1 aromatic rings. The van der Waals surface area contributed by atoms with Crippen molar-refractivity contribution in [1.82, 2.24) is 0 Å². The highest BCUT2D eigenvalue weighted by Gasteiger charge is 2.10. The number of alkyl halides is 1. The summed E-state index contributed by atoms with van der Waals surface area (Å²) in [6, 6.07) is 5.73. The van der Waals surface area contributed by atoms with Crippen LogP contribution >= 0.6 is 11.6 Å². The molecule has 17 heavy (non-hydrogen) atoms. The highest BCUT2D eigenvalue weighted by molar-refractivity contribution is 6.17. The fourth-order valence-corrected chi connectivity index (χ4v) is 1.90. The van der Waals surface area contributed by atoms with E-state index in [0.29, 0.717) is 12.2 Å². The van der Waals surface area contributed by atoms with Crippen molar-refractivity contribution in [3.05, 3.63) is 34.4 Å². The summed E-state index contributed by atoms with van der Waals surface area (Å²) in [5.41, 5.74) is 3.02. The van der Waals surface area contributed by atoms with Crippen molar-refractivity contribution in [3.63, 3.8) is 0 Å². The molecule has 0 N–H and O–H groups in total. The van der Waals surface area contributed by atoms with Gasteiger partial charge in [-0.3, -0.25) is 4.79 Å². The van der Waals surface area contributed by atoms with Gasteiger partial charge in [-0.25, -0.2) is 0 Å². The third-order valence-corrected chi connectivity index (χ3v) is 2.67. The molecule has 0 aliphatic heterocycles. The van der Waals surface area contributed by atoms with Gasteiger partial charge in [-0.15, -0.1) is 11.6 Å². The molecule has 1 aromatic carbocycles. The molecular formula is C13H14ClNO2. The van der Waals surface area contributed by atoms with E-state index in [-0.39, 0.29) is 18.3 Å². The van der Waals surface area contributed by atoms with E-state index in [2.05, 4.69) is 6.07 Å². The van der Waals surface area contributed by atoms with Gasteiger partial charge in [-0.05, 0) is 30.5 Å². The van der Waals surface area contributed by atoms with Gasteiger partial charge in [0, 0.05) is 5.88 Å².